The number of nitrogens with zero attached hydrogens (tertiary/aromatic N) is 2. The summed E-state index contributed by atoms with van der Waals surface area (Å²) in [5.74, 6) is 1.53. The standard InChI is InChI=1S/C16H19BrN2O2/c1-19-11(5-8-15(19)20)9-13(17)14-7-6-12(10-3-4-10)16(18-14)21-2/h6-7,9-11H,3-5,8H2,1-2H3/b13-9-/t11-/m1/s1. The van der Waals surface area contributed by atoms with Crippen LogP contribution in [0.5, 0.6) is 5.88 Å². The van der Waals surface area contributed by atoms with Crippen LogP contribution in [0.1, 0.15) is 42.9 Å². The molecule has 2 fully saturated rings. The second-order valence-corrected chi connectivity index (χ2v) is 6.55. The van der Waals surface area contributed by atoms with E-state index in [0.717, 1.165) is 22.5 Å². The van der Waals surface area contributed by atoms with Gasteiger partial charge in [0.1, 0.15) is 0 Å². The largest absolute Gasteiger partial charge is 0.481 e. The molecule has 1 aliphatic heterocycles. The summed E-state index contributed by atoms with van der Waals surface area (Å²) in [5.41, 5.74) is 2.05. The molecule has 0 N–H and O–H groups in total. The van der Waals surface area contributed by atoms with Crippen LogP contribution in [0.3, 0.4) is 0 Å². The van der Waals surface area contributed by atoms with E-state index in [2.05, 4.69) is 33.1 Å². The first-order chi connectivity index (χ1) is 10.1. The Kier molecular flexibility index (Phi) is 4.02. The van der Waals surface area contributed by atoms with Crippen molar-refractivity contribution in [1.29, 1.82) is 0 Å². The van der Waals surface area contributed by atoms with E-state index in [1.54, 1.807) is 12.0 Å². The molecule has 0 spiro atoms. The van der Waals surface area contributed by atoms with Crippen LogP contribution in [-0.2, 0) is 4.79 Å². The number of pyridine rings is 1. The molecule has 21 heavy (non-hydrogen) atoms. The van der Waals surface area contributed by atoms with Crippen molar-refractivity contribution in [3.8, 4) is 5.88 Å². The second-order valence-electron chi connectivity index (χ2n) is 5.69. The second kappa shape index (κ2) is 5.79. The van der Waals surface area contributed by atoms with Gasteiger partial charge in [-0.1, -0.05) is 6.07 Å². The summed E-state index contributed by atoms with van der Waals surface area (Å²) in [6, 6.07) is 4.27. The first-order valence-corrected chi connectivity index (χ1v) is 8.07. The zero-order valence-corrected chi connectivity index (χ0v) is 13.9. The van der Waals surface area contributed by atoms with E-state index in [9.17, 15) is 4.79 Å². The van der Waals surface area contributed by atoms with Crippen molar-refractivity contribution in [3.63, 3.8) is 0 Å². The summed E-state index contributed by atoms with van der Waals surface area (Å²) in [7, 11) is 3.51. The van der Waals surface area contributed by atoms with Gasteiger partial charge in [0, 0.05) is 23.5 Å². The van der Waals surface area contributed by atoms with E-state index in [1.807, 2.05) is 13.1 Å². The van der Waals surface area contributed by atoms with Crippen molar-refractivity contribution in [2.45, 2.75) is 37.6 Å². The molecule has 2 heterocycles. The fraction of sp³-hybridized carbons (Fsp3) is 0.500. The molecule has 1 aromatic rings. The van der Waals surface area contributed by atoms with Crippen molar-refractivity contribution in [3.05, 3.63) is 29.5 Å². The molecular weight excluding hydrogens is 332 g/mol. The first kappa shape index (κ1) is 14.6. The van der Waals surface area contributed by atoms with E-state index in [0.29, 0.717) is 12.3 Å². The lowest BCUT2D eigenvalue weighted by Gasteiger charge is -2.17. The zero-order chi connectivity index (χ0) is 15.0. The van der Waals surface area contributed by atoms with Gasteiger partial charge in [-0.15, -0.1) is 0 Å². The summed E-state index contributed by atoms with van der Waals surface area (Å²) in [6.45, 7) is 0. The van der Waals surface area contributed by atoms with E-state index < -0.39 is 0 Å². The predicted octanol–water partition coefficient (Wildman–Crippen LogP) is 3.32. The molecule has 0 unspecified atom stereocenters. The van der Waals surface area contributed by atoms with Gasteiger partial charge in [0.2, 0.25) is 11.8 Å². The monoisotopic (exact) mass is 350 g/mol. The van der Waals surface area contributed by atoms with Crippen LogP contribution in [0.2, 0.25) is 0 Å². The summed E-state index contributed by atoms with van der Waals surface area (Å²) in [6.07, 6.45) is 5.99. The number of amides is 1. The smallest absolute Gasteiger partial charge is 0.222 e. The minimum absolute atomic E-state index is 0.141. The Hall–Kier alpha value is -1.36. The number of carbonyl (C=O) groups is 1. The number of hydrogen-bond acceptors (Lipinski definition) is 3. The number of hydrogen-bond donors (Lipinski definition) is 0. The lowest BCUT2D eigenvalue weighted by Crippen LogP contribution is -2.26. The Bertz CT molecular complexity index is 596. The van der Waals surface area contributed by atoms with Crippen LogP contribution in [-0.4, -0.2) is 36.0 Å². The summed E-state index contributed by atoms with van der Waals surface area (Å²) in [4.78, 5) is 18.0. The summed E-state index contributed by atoms with van der Waals surface area (Å²) < 4.78 is 6.33. The minimum atomic E-state index is 0.141. The number of carbonyl (C=O) groups excluding carboxylic acids is 1. The van der Waals surface area contributed by atoms with Gasteiger partial charge in [-0.05, 0) is 53.3 Å². The number of likely N-dealkylation sites (tertiary alicyclic amines) is 1. The molecular formula is C16H19BrN2O2. The van der Waals surface area contributed by atoms with Crippen LogP contribution in [0.25, 0.3) is 4.48 Å². The maximum atomic E-state index is 11.6. The number of methoxy groups -OCH3 is 1. The molecule has 1 aliphatic carbocycles. The number of aromatic nitrogens is 1. The highest BCUT2D eigenvalue weighted by molar-refractivity contribution is 9.15. The third-order valence-electron chi connectivity index (χ3n) is 4.23. The summed E-state index contributed by atoms with van der Waals surface area (Å²) >= 11 is 3.59. The minimum Gasteiger partial charge on any atom is -0.481 e. The molecule has 4 nitrogen and oxygen atoms in total. The van der Waals surface area contributed by atoms with Gasteiger partial charge in [0.25, 0.3) is 0 Å². The molecule has 0 bridgehead atoms. The third-order valence-corrected chi connectivity index (χ3v) is 4.90. The van der Waals surface area contributed by atoms with E-state index in [-0.39, 0.29) is 11.9 Å². The van der Waals surface area contributed by atoms with Gasteiger partial charge in [0.15, 0.2) is 0 Å². The maximum Gasteiger partial charge on any atom is 0.222 e. The quantitative estimate of drug-likeness (QED) is 0.836. The highest BCUT2D eigenvalue weighted by atomic mass is 79.9. The molecule has 0 radical (unpaired) electrons. The van der Waals surface area contributed by atoms with E-state index in [1.165, 1.54) is 18.4 Å². The van der Waals surface area contributed by atoms with Crippen molar-refractivity contribution in [1.82, 2.24) is 9.88 Å². The highest BCUT2D eigenvalue weighted by Gasteiger charge is 2.28. The molecule has 1 saturated carbocycles. The topological polar surface area (TPSA) is 42.4 Å². The van der Waals surface area contributed by atoms with Gasteiger partial charge in [0.05, 0.1) is 18.8 Å². The number of halogens is 1. The van der Waals surface area contributed by atoms with Crippen molar-refractivity contribution in [2.75, 3.05) is 14.2 Å². The molecule has 3 rings (SSSR count). The van der Waals surface area contributed by atoms with Gasteiger partial charge in [-0.25, -0.2) is 4.98 Å². The molecule has 1 aromatic heterocycles. The molecule has 5 heteroatoms. The zero-order valence-electron chi connectivity index (χ0n) is 12.3. The molecule has 0 aromatic carbocycles. The van der Waals surface area contributed by atoms with Crippen LogP contribution < -0.4 is 4.74 Å². The number of rotatable bonds is 4. The first-order valence-electron chi connectivity index (χ1n) is 7.28. The molecule has 1 amide bonds. The van der Waals surface area contributed by atoms with Crippen molar-refractivity contribution < 1.29 is 9.53 Å². The Morgan fingerprint density at radius 1 is 1.43 bits per heavy atom. The average molecular weight is 351 g/mol. The SMILES string of the molecule is COc1nc(/C(Br)=C/[C@H]2CCC(=O)N2C)ccc1C1CC1. The maximum absolute atomic E-state index is 11.6. The van der Waals surface area contributed by atoms with E-state index in [4.69, 9.17) is 4.74 Å². The van der Waals surface area contributed by atoms with Crippen molar-refractivity contribution in [2.24, 2.45) is 0 Å². The lowest BCUT2D eigenvalue weighted by molar-refractivity contribution is -0.127. The van der Waals surface area contributed by atoms with Crippen LogP contribution >= 0.6 is 15.9 Å². The predicted molar refractivity (Wildman–Crippen MR) is 85.5 cm³/mol. The average Bonchev–Trinajstić information content (AvgIpc) is 3.29. The van der Waals surface area contributed by atoms with Crippen LogP contribution in [0.4, 0.5) is 0 Å². The Balaban J connectivity index is 1.84. The summed E-state index contributed by atoms with van der Waals surface area (Å²) in [5, 5.41) is 0. The molecule has 1 atom stereocenters. The van der Waals surface area contributed by atoms with E-state index >= 15 is 0 Å². The fourth-order valence-electron chi connectivity index (χ4n) is 2.73. The van der Waals surface area contributed by atoms with Gasteiger partial charge >= 0.3 is 0 Å². The number of ether oxygens (including phenoxy) is 1. The molecule has 1 saturated heterocycles. The van der Waals surface area contributed by atoms with Crippen molar-refractivity contribution >= 4 is 26.3 Å². The molecule has 2 aliphatic rings. The Labute approximate surface area is 133 Å². The van der Waals surface area contributed by atoms with Crippen LogP contribution in [0, 0.1) is 0 Å². The number of likely N-dealkylation sites (N-methyl/N-ethyl adjacent to an activating group) is 1. The van der Waals surface area contributed by atoms with Gasteiger partial charge in [-0.3, -0.25) is 4.79 Å². The van der Waals surface area contributed by atoms with Crippen LogP contribution in [0.15, 0.2) is 18.2 Å². The lowest BCUT2D eigenvalue weighted by atomic mass is 10.1. The van der Waals surface area contributed by atoms with Gasteiger partial charge in [-0.2, -0.15) is 0 Å². The molecule has 112 valence electrons. The normalized spacial score (nSPS) is 22.8. The fourth-order valence-corrected chi connectivity index (χ4v) is 3.25. The highest BCUT2D eigenvalue weighted by Crippen LogP contribution is 2.44. The Morgan fingerprint density at radius 3 is 2.76 bits per heavy atom. The Morgan fingerprint density at radius 2 is 2.19 bits per heavy atom. The third kappa shape index (κ3) is 2.98. The van der Waals surface area contributed by atoms with Gasteiger partial charge < -0.3 is 9.64 Å².